The Morgan fingerprint density at radius 1 is 1.27 bits per heavy atom. The number of carbonyl (C=O) groups is 1. The summed E-state index contributed by atoms with van der Waals surface area (Å²) in [5, 5.41) is 7.12. The molecular weight excluding hydrogens is 421 g/mol. The van der Waals surface area contributed by atoms with Gasteiger partial charge < -0.3 is 5.11 Å². The van der Waals surface area contributed by atoms with Crippen LogP contribution in [0.15, 0.2) is 41.8 Å². The molecule has 0 radical (unpaired) electrons. The van der Waals surface area contributed by atoms with Crippen LogP contribution in [0.25, 0.3) is 0 Å². The first kappa shape index (κ1) is 24.4. The number of sulfonamides is 1. The molecule has 2 heterocycles. The summed E-state index contributed by atoms with van der Waals surface area (Å²) in [4.78, 5) is 11.7. The van der Waals surface area contributed by atoms with Crippen LogP contribution < -0.4 is 0 Å². The molecule has 1 N–H and O–H groups in total. The van der Waals surface area contributed by atoms with E-state index < -0.39 is 22.2 Å². The molecule has 0 saturated carbocycles. The van der Waals surface area contributed by atoms with Crippen LogP contribution in [-0.2, 0) is 14.8 Å². The minimum atomic E-state index is -5.08. The monoisotopic (exact) mass is 448 g/mol. The number of halogens is 3. The topological polar surface area (TPSA) is 77.9 Å². The quantitative estimate of drug-likeness (QED) is 0.714. The number of benzene rings is 1. The van der Waals surface area contributed by atoms with E-state index in [-0.39, 0.29) is 5.54 Å². The summed E-state index contributed by atoms with van der Waals surface area (Å²) in [6.07, 6.45) is 1.09. The van der Waals surface area contributed by atoms with Gasteiger partial charge >= 0.3 is 12.1 Å². The molecule has 6 nitrogen and oxygen atoms in total. The van der Waals surface area contributed by atoms with Gasteiger partial charge in [0, 0.05) is 25.2 Å². The fourth-order valence-electron chi connectivity index (χ4n) is 4.10. The molecule has 0 aliphatic carbocycles. The van der Waals surface area contributed by atoms with Crippen molar-refractivity contribution in [3.8, 4) is 0 Å². The molecule has 1 aromatic carbocycles. The maximum Gasteiger partial charge on any atom is 0.490 e. The van der Waals surface area contributed by atoms with Crippen molar-refractivity contribution in [2.24, 2.45) is 0 Å². The molecule has 3 rings (SSSR count). The summed E-state index contributed by atoms with van der Waals surface area (Å²) in [6.45, 7) is 8.91. The first-order valence-electron chi connectivity index (χ1n) is 9.65. The summed E-state index contributed by atoms with van der Waals surface area (Å²) < 4.78 is 59.5. The second-order valence-corrected chi connectivity index (χ2v) is 9.56. The number of carboxylic acid groups (broad SMARTS) is 1. The van der Waals surface area contributed by atoms with Gasteiger partial charge in [-0.1, -0.05) is 18.2 Å². The van der Waals surface area contributed by atoms with E-state index in [0.717, 1.165) is 44.3 Å². The number of alkyl halides is 3. The number of rotatable bonds is 4. The molecule has 1 aromatic rings. The summed E-state index contributed by atoms with van der Waals surface area (Å²) in [5.74, 6) is -2.76. The average molecular weight is 449 g/mol. The Hall–Kier alpha value is -1.91. The Bertz CT molecular complexity index is 873. The van der Waals surface area contributed by atoms with Gasteiger partial charge in [-0.3, -0.25) is 4.90 Å². The Morgan fingerprint density at radius 3 is 2.40 bits per heavy atom. The highest BCUT2D eigenvalue weighted by Crippen LogP contribution is 2.38. The van der Waals surface area contributed by atoms with Crippen molar-refractivity contribution in [2.45, 2.75) is 49.2 Å². The third-order valence-corrected chi connectivity index (χ3v) is 7.32. The van der Waals surface area contributed by atoms with Gasteiger partial charge in [0.2, 0.25) is 10.0 Å². The van der Waals surface area contributed by atoms with Gasteiger partial charge in [-0.15, -0.1) is 6.58 Å². The number of aliphatic carboxylic acids is 1. The first-order chi connectivity index (χ1) is 13.9. The minimum Gasteiger partial charge on any atom is -0.475 e. The predicted molar refractivity (Wildman–Crippen MR) is 107 cm³/mol. The van der Waals surface area contributed by atoms with E-state index in [4.69, 9.17) is 9.90 Å². The number of nitrogens with zero attached hydrogens (tertiary/aromatic N) is 2. The van der Waals surface area contributed by atoms with Crippen LogP contribution in [0.1, 0.15) is 31.2 Å². The molecule has 2 fully saturated rings. The number of carboxylic acids is 1. The van der Waals surface area contributed by atoms with Crippen molar-refractivity contribution >= 4 is 16.0 Å². The molecule has 2 aliphatic heterocycles. The Morgan fingerprint density at radius 2 is 1.87 bits per heavy atom. The zero-order valence-corrected chi connectivity index (χ0v) is 17.7. The lowest BCUT2D eigenvalue weighted by atomic mass is 9.87. The lowest BCUT2D eigenvalue weighted by Crippen LogP contribution is -2.56. The Labute approximate surface area is 175 Å². The Balaban J connectivity index is 0.000000396. The summed E-state index contributed by atoms with van der Waals surface area (Å²) >= 11 is 0. The zero-order chi connectivity index (χ0) is 22.6. The van der Waals surface area contributed by atoms with E-state index in [2.05, 4.69) is 11.5 Å². The molecule has 2 aliphatic rings. The van der Waals surface area contributed by atoms with E-state index in [1.54, 1.807) is 16.4 Å². The largest absolute Gasteiger partial charge is 0.490 e. The summed E-state index contributed by atoms with van der Waals surface area (Å²) in [5.41, 5.74) is 0.982. The third-order valence-electron chi connectivity index (χ3n) is 5.48. The molecule has 30 heavy (non-hydrogen) atoms. The summed E-state index contributed by atoms with van der Waals surface area (Å²) in [7, 11) is -3.41. The minimum absolute atomic E-state index is 0.00331. The first-order valence-corrected chi connectivity index (χ1v) is 11.1. The number of hydrogen-bond donors (Lipinski definition) is 1. The fourth-order valence-corrected chi connectivity index (χ4v) is 5.76. The van der Waals surface area contributed by atoms with Crippen LogP contribution >= 0.6 is 0 Å². The van der Waals surface area contributed by atoms with E-state index in [1.165, 1.54) is 0 Å². The van der Waals surface area contributed by atoms with E-state index in [9.17, 15) is 21.6 Å². The summed E-state index contributed by atoms with van der Waals surface area (Å²) in [6, 6.07) is 7.23. The van der Waals surface area contributed by atoms with Crippen LogP contribution in [0.3, 0.4) is 0 Å². The lowest BCUT2D eigenvalue weighted by molar-refractivity contribution is -0.192. The number of hydrogen-bond acceptors (Lipinski definition) is 4. The van der Waals surface area contributed by atoms with Crippen LogP contribution in [0, 0.1) is 6.92 Å². The predicted octanol–water partition coefficient (Wildman–Crippen LogP) is 3.43. The second-order valence-electron chi connectivity index (χ2n) is 7.62. The van der Waals surface area contributed by atoms with Gasteiger partial charge in [-0.05, 0) is 56.8 Å². The van der Waals surface area contributed by atoms with E-state index in [1.807, 2.05) is 25.1 Å². The van der Waals surface area contributed by atoms with Crippen molar-refractivity contribution in [3.05, 3.63) is 42.5 Å². The molecule has 168 valence electrons. The van der Waals surface area contributed by atoms with Crippen molar-refractivity contribution < 1.29 is 31.5 Å². The number of aryl methyl sites for hydroxylation is 1. The molecular formula is C20H27F3N2O4S. The smallest absolute Gasteiger partial charge is 0.475 e. The highest BCUT2D eigenvalue weighted by Gasteiger charge is 2.46. The third kappa shape index (κ3) is 5.61. The van der Waals surface area contributed by atoms with Gasteiger partial charge in [-0.25, -0.2) is 13.2 Å². The molecule has 1 unspecified atom stereocenters. The van der Waals surface area contributed by atoms with E-state index >= 15 is 0 Å². The molecule has 10 heteroatoms. The molecule has 2 saturated heterocycles. The van der Waals surface area contributed by atoms with Crippen LogP contribution in [-0.4, -0.2) is 66.6 Å². The molecule has 1 spiro atoms. The van der Waals surface area contributed by atoms with Gasteiger partial charge in [0.05, 0.1) is 4.90 Å². The van der Waals surface area contributed by atoms with Crippen LogP contribution in [0.2, 0.25) is 0 Å². The second kappa shape index (κ2) is 9.49. The zero-order valence-electron chi connectivity index (χ0n) is 16.9. The fraction of sp³-hybridized carbons (Fsp3) is 0.550. The normalized spacial score (nSPS) is 23.1. The highest BCUT2D eigenvalue weighted by molar-refractivity contribution is 7.89. The van der Waals surface area contributed by atoms with Crippen molar-refractivity contribution in [3.63, 3.8) is 0 Å². The van der Waals surface area contributed by atoms with Gasteiger partial charge in [0.15, 0.2) is 0 Å². The highest BCUT2D eigenvalue weighted by atomic mass is 32.2. The van der Waals surface area contributed by atoms with Crippen LogP contribution in [0.4, 0.5) is 13.2 Å². The maximum atomic E-state index is 13.0. The maximum absolute atomic E-state index is 13.0. The van der Waals surface area contributed by atoms with Gasteiger partial charge in [-0.2, -0.15) is 17.5 Å². The van der Waals surface area contributed by atoms with Crippen molar-refractivity contribution in [2.75, 3.05) is 26.2 Å². The standard InChI is InChI=1S/C18H26N2O2S.C2HF3O2/c1-3-11-19-12-5-9-18(19)10-6-13-20(15-18)23(21,22)17-8-4-7-16(2)14-17;3-2(4,5)1(6)7/h3-4,7-8,14H,1,5-6,9-13,15H2,2H3;(H,6,7). The van der Waals surface area contributed by atoms with Gasteiger partial charge in [0.25, 0.3) is 0 Å². The molecule has 1 atom stereocenters. The Kier molecular flexibility index (Phi) is 7.70. The molecule has 0 aromatic heterocycles. The lowest BCUT2D eigenvalue weighted by Gasteiger charge is -2.45. The van der Waals surface area contributed by atoms with Gasteiger partial charge in [0.1, 0.15) is 0 Å². The van der Waals surface area contributed by atoms with E-state index in [0.29, 0.717) is 18.0 Å². The molecule has 0 bridgehead atoms. The van der Waals surface area contributed by atoms with Crippen molar-refractivity contribution in [1.82, 2.24) is 9.21 Å². The number of piperidine rings is 1. The SMILES string of the molecule is C=CCN1CCCC12CCCN(S(=O)(=O)c1cccc(C)c1)C2.O=C(O)C(F)(F)F. The number of likely N-dealkylation sites (tertiary alicyclic amines) is 1. The van der Waals surface area contributed by atoms with Crippen molar-refractivity contribution in [1.29, 1.82) is 0 Å². The molecule has 0 amide bonds. The average Bonchev–Trinajstić information content (AvgIpc) is 3.03. The van der Waals surface area contributed by atoms with Crippen LogP contribution in [0.5, 0.6) is 0 Å².